The Hall–Kier alpha value is -1.32. The van der Waals surface area contributed by atoms with Crippen molar-refractivity contribution in [2.75, 3.05) is 5.73 Å². The van der Waals surface area contributed by atoms with Crippen LogP contribution in [-0.4, -0.2) is 5.11 Å². The van der Waals surface area contributed by atoms with E-state index in [4.69, 9.17) is 17.3 Å². The van der Waals surface area contributed by atoms with Crippen molar-refractivity contribution >= 4 is 29.1 Å². The fourth-order valence-electron chi connectivity index (χ4n) is 1.41. The summed E-state index contributed by atoms with van der Waals surface area (Å²) in [6.07, 6.45) is 0. The van der Waals surface area contributed by atoms with Crippen LogP contribution in [0, 0.1) is 0 Å². The first-order valence-electron chi connectivity index (χ1n) is 5.11. The van der Waals surface area contributed by atoms with E-state index in [2.05, 4.69) is 0 Å². The Morgan fingerprint density at radius 2 is 1.82 bits per heavy atom. The molecule has 2 rings (SSSR count). The Morgan fingerprint density at radius 1 is 1.12 bits per heavy atom. The van der Waals surface area contributed by atoms with E-state index in [1.54, 1.807) is 30.0 Å². The van der Waals surface area contributed by atoms with Crippen LogP contribution in [0.15, 0.2) is 47.4 Å². The zero-order valence-corrected chi connectivity index (χ0v) is 10.6. The number of hydrogen-bond donors (Lipinski definition) is 2. The lowest BCUT2D eigenvalue weighted by atomic mass is 10.2. The Bertz CT molecular complexity index is 513. The van der Waals surface area contributed by atoms with Gasteiger partial charge >= 0.3 is 0 Å². The van der Waals surface area contributed by atoms with E-state index in [1.807, 2.05) is 24.3 Å². The average molecular weight is 266 g/mol. The molecule has 0 unspecified atom stereocenters. The molecule has 0 fully saturated rings. The highest BCUT2D eigenvalue weighted by atomic mass is 35.5. The number of nitrogens with two attached hydrogens (primary N) is 1. The minimum atomic E-state index is 0.278. The molecule has 0 spiro atoms. The van der Waals surface area contributed by atoms with Gasteiger partial charge in [0.25, 0.3) is 0 Å². The first-order valence-corrected chi connectivity index (χ1v) is 6.47. The fourth-order valence-corrected chi connectivity index (χ4v) is 2.42. The third-order valence-corrected chi connectivity index (χ3v) is 3.62. The predicted octanol–water partition coefficient (Wildman–Crippen LogP) is 3.92. The summed E-state index contributed by atoms with van der Waals surface area (Å²) in [4.78, 5) is 1.11. The van der Waals surface area contributed by atoms with Gasteiger partial charge in [0.2, 0.25) is 0 Å². The molecule has 2 nitrogen and oxygen atoms in total. The number of anilines is 1. The predicted molar refractivity (Wildman–Crippen MR) is 73.5 cm³/mol. The van der Waals surface area contributed by atoms with Crippen LogP contribution < -0.4 is 5.73 Å². The van der Waals surface area contributed by atoms with E-state index in [1.165, 1.54) is 0 Å². The van der Waals surface area contributed by atoms with Crippen molar-refractivity contribution in [3.05, 3.63) is 53.1 Å². The molecule has 0 aliphatic heterocycles. The maximum Gasteiger partial charge on any atom is 0.119 e. The molecule has 3 N–H and O–H groups in total. The first-order chi connectivity index (χ1) is 8.15. The number of rotatable bonds is 3. The summed E-state index contributed by atoms with van der Waals surface area (Å²) < 4.78 is 0. The molecule has 0 saturated heterocycles. The number of benzene rings is 2. The molecule has 0 radical (unpaired) electrons. The van der Waals surface area contributed by atoms with Crippen molar-refractivity contribution in [1.82, 2.24) is 0 Å². The normalized spacial score (nSPS) is 10.4. The van der Waals surface area contributed by atoms with Crippen LogP contribution in [0.25, 0.3) is 0 Å². The van der Waals surface area contributed by atoms with Gasteiger partial charge in [-0.1, -0.05) is 11.6 Å². The van der Waals surface area contributed by atoms with Crippen LogP contribution in [0.5, 0.6) is 5.75 Å². The second-order valence-corrected chi connectivity index (χ2v) is 5.12. The quantitative estimate of drug-likeness (QED) is 0.502. The fraction of sp³-hybridized carbons (Fsp3) is 0.0769. The van der Waals surface area contributed by atoms with Gasteiger partial charge in [-0.25, -0.2) is 0 Å². The second-order valence-electron chi connectivity index (χ2n) is 3.63. The lowest BCUT2D eigenvalue weighted by molar-refractivity contribution is 0.471. The summed E-state index contributed by atoms with van der Waals surface area (Å²) in [7, 11) is 0. The monoisotopic (exact) mass is 265 g/mol. The van der Waals surface area contributed by atoms with Crippen LogP contribution in [0.1, 0.15) is 5.56 Å². The van der Waals surface area contributed by atoms with Gasteiger partial charge in [0, 0.05) is 26.9 Å². The zero-order valence-electron chi connectivity index (χ0n) is 9.06. The molecule has 0 amide bonds. The number of phenolic OH excluding ortho intramolecular Hbond substituents is 1. The standard InChI is InChI=1S/C13H12ClNOS/c14-10-1-4-12(5-2-10)17-8-9-7-11(15)3-6-13(9)16/h1-7,16H,8,15H2. The molecule has 0 bridgehead atoms. The van der Waals surface area contributed by atoms with E-state index in [9.17, 15) is 5.11 Å². The number of hydrogen-bond acceptors (Lipinski definition) is 3. The van der Waals surface area contributed by atoms with Gasteiger partial charge in [-0.2, -0.15) is 0 Å². The van der Waals surface area contributed by atoms with Gasteiger partial charge in [-0.05, 0) is 42.5 Å². The Balaban J connectivity index is 2.07. The molecule has 0 saturated carbocycles. The lowest BCUT2D eigenvalue weighted by Gasteiger charge is -2.05. The van der Waals surface area contributed by atoms with E-state index in [0.29, 0.717) is 11.4 Å². The smallest absolute Gasteiger partial charge is 0.119 e. The van der Waals surface area contributed by atoms with E-state index in [-0.39, 0.29) is 5.75 Å². The largest absolute Gasteiger partial charge is 0.508 e. The average Bonchev–Trinajstić information content (AvgIpc) is 2.32. The summed E-state index contributed by atoms with van der Waals surface area (Å²) in [5.74, 6) is 0.957. The second kappa shape index (κ2) is 5.34. The topological polar surface area (TPSA) is 46.2 Å². The van der Waals surface area contributed by atoms with Gasteiger partial charge in [0.1, 0.15) is 5.75 Å². The number of phenols is 1. The molecule has 0 aliphatic carbocycles. The SMILES string of the molecule is Nc1ccc(O)c(CSc2ccc(Cl)cc2)c1. The molecule has 4 heteroatoms. The van der Waals surface area contributed by atoms with Crippen molar-refractivity contribution in [2.45, 2.75) is 10.6 Å². The van der Waals surface area contributed by atoms with Crippen molar-refractivity contribution < 1.29 is 5.11 Å². The molecule has 0 aliphatic rings. The Labute approximate surface area is 109 Å². The highest BCUT2D eigenvalue weighted by Gasteiger charge is 2.02. The number of nitrogen functional groups attached to an aromatic ring is 1. The van der Waals surface area contributed by atoms with Crippen molar-refractivity contribution in [1.29, 1.82) is 0 Å². The summed E-state index contributed by atoms with van der Waals surface area (Å²) in [6.45, 7) is 0. The van der Waals surface area contributed by atoms with Gasteiger partial charge < -0.3 is 10.8 Å². The van der Waals surface area contributed by atoms with E-state index >= 15 is 0 Å². The summed E-state index contributed by atoms with van der Waals surface area (Å²) in [5, 5.41) is 10.4. The molecular weight excluding hydrogens is 254 g/mol. The summed E-state index contributed by atoms with van der Waals surface area (Å²) >= 11 is 7.44. The van der Waals surface area contributed by atoms with Crippen LogP contribution >= 0.6 is 23.4 Å². The zero-order chi connectivity index (χ0) is 12.3. The summed E-state index contributed by atoms with van der Waals surface area (Å²) in [6, 6.07) is 12.7. The van der Waals surface area contributed by atoms with Crippen LogP contribution in [0.4, 0.5) is 5.69 Å². The number of aromatic hydroxyl groups is 1. The van der Waals surface area contributed by atoms with Gasteiger partial charge in [-0.15, -0.1) is 11.8 Å². The van der Waals surface area contributed by atoms with Gasteiger partial charge in [0.15, 0.2) is 0 Å². The first kappa shape index (κ1) is 12.1. The number of halogens is 1. The van der Waals surface area contributed by atoms with Gasteiger partial charge in [-0.3, -0.25) is 0 Å². The molecule has 88 valence electrons. The third kappa shape index (κ3) is 3.32. The minimum absolute atomic E-state index is 0.278. The molecule has 0 atom stereocenters. The Kier molecular flexibility index (Phi) is 3.82. The summed E-state index contributed by atoms with van der Waals surface area (Å²) in [5.41, 5.74) is 7.18. The minimum Gasteiger partial charge on any atom is -0.508 e. The van der Waals surface area contributed by atoms with Gasteiger partial charge in [0.05, 0.1) is 0 Å². The van der Waals surface area contributed by atoms with Crippen LogP contribution in [0.3, 0.4) is 0 Å². The van der Waals surface area contributed by atoms with E-state index < -0.39 is 0 Å². The molecular formula is C13H12ClNOS. The Morgan fingerprint density at radius 3 is 2.53 bits per heavy atom. The maximum atomic E-state index is 9.67. The van der Waals surface area contributed by atoms with Crippen molar-refractivity contribution in [3.63, 3.8) is 0 Å². The van der Waals surface area contributed by atoms with Crippen molar-refractivity contribution in [2.24, 2.45) is 0 Å². The molecule has 2 aromatic rings. The molecule has 2 aromatic carbocycles. The number of thioether (sulfide) groups is 1. The highest BCUT2D eigenvalue weighted by Crippen LogP contribution is 2.29. The molecule has 17 heavy (non-hydrogen) atoms. The van der Waals surface area contributed by atoms with Crippen LogP contribution in [0.2, 0.25) is 5.02 Å². The molecule has 0 aromatic heterocycles. The van der Waals surface area contributed by atoms with E-state index in [0.717, 1.165) is 15.5 Å². The third-order valence-electron chi connectivity index (χ3n) is 2.31. The highest BCUT2D eigenvalue weighted by molar-refractivity contribution is 7.98. The maximum absolute atomic E-state index is 9.67. The lowest BCUT2D eigenvalue weighted by Crippen LogP contribution is -1.88. The molecule has 0 heterocycles. The van der Waals surface area contributed by atoms with Crippen LogP contribution in [-0.2, 0) is 5.75 Å². The van der Waals surface area contributed by atoms with Crippen molar-refractivity contribution in [3.8, 4) is 5.75 Å².